The van der Waals surface area contributed by atoms with E-state index in [-0.39, 0.29) is 23.6 Å². The zero-order valence-electron chi connectivity index (χ0n) is 9.20. The Morgan fingerprint density at radius 2 is 2.28 bits per heavy atom. The monoisotopic (exact) mass is 251 g/mol. The number of ether oxygens (including phenoxy) is 2. The Labute approximate surface area is 101 Å². The summed E-state index contributed by atoms with van der Waals surface area (Å²) >= 11 is 0. The first-order valence-electron chi connectivity index (χ1n) is 5.18. The van der Waals surface area contributed by atoms with Crippen LogP contribution in [0, 0.1) is 10.1 Å². The average Bonchev–Trinajstić information content (AvgIpc) is 2.75. The Bertz CT molecular complexity index is 512. The first kappa shape index (κ1) is 12.0. The van der Waals surface area contributed by atoms with Gasteiger partial charge in [-0.05, 0) is 6.07 Å². The van der Waals surface area contributed by atoms with Crippen LogP contribution in [-0.2, 0) is 9.53 Å². The van der Waals surface area contributed by atoms with Crippen molar-refractivity contribution < 1.29 is 24.0 Å². The molecule has 1 aromatic carbocycles. The topological polar surface area (TPSA) is 95.7 Å². The van der Waals surface area contributed by atoms with Gasteiger partial charge in [0.15, 0.2) is 12.4 Å². The number of hydrogen-bond donors (Lipinski definition) is 0. The Balaban J connectivity index is 2.24. The molecule has 0 spiro atoms. The van der Waals surface area contributed by atoms with Crippen molar-refractivity contribution in [1.82, 2.24) is 0 Å². The fourth-order valence-corrected chi connectivity index (χ4v) is 1.59. The molecule has 1 fully saturated rings. The standard InChI is InChI=1S/C11H9NO6/c13-6-7-5-8(12(15)16)1-2-9(7)18-10-3-4-17-11(10)14/h1-2,5-6,10H,3-4H2. The lowest BCUT2D eigenvalue weighted by Crippen LogP contribution is -2.22. The third-order valence-corrected chi connectivity index (χ3v) is 2.49. The second-order valence-electron chi connectivity index (χ2n) is 3.66. The summed E-state index contributed by atoms with van der Waals surface area (Å²) in [6, 6.07) is 3.61. The number of nitro benzene ring substituents is 1. The van der Waals surface area contributed by atoms with Gasteiger partial charge in [-0.25, -0.2) is 4.79 Å². The third kappa shape index (κ3) is 2.29. The third-order valence-electron chi connectivity index (χ3n) is 2.49. The minimum atomic E-state index is -0.759. The van der Waals surface area contributed by atoms with Gasteiger partial charge < -0.3 is 9.47 Å². The average molecular weight is 251 g/mol. The number of carbonyl (C=O) groups is 2. The molecule has 0 radical (unpaired) electrons. The van der Waals surface area contributed by atoms with Gasteiger partial charge in [-0.1, -0.05) is 0 Å². The van der Waals surface area contributed by atoms with Crippen molar-refractivity contribution in [3.05, 3.63) is 33.9 Å². The lowest BCUT2D eigenvalue weighted by Gasteiger charge is -2.11. The van der Waals surface area contributed by atoms with Crippen molar-refractivity contribution in [2.75, 3.05) is 6.61 Å². The highest BCUT2D eigenvalue weighted by Gasteiger charge is 2.29. The van der Waals surface area contributed by atoms with Crippen LogP contribution in [0.4, 0.5) is 5.69 Å². The number of rotatable bonds is 4. The fraction of sp³-hybridized carbons (Fsp3) is 0.273. The number of cyclic esters (lactones) is 1. The van der Waals surface area contributed by atoms with E-state index in [9.17, 15) is 19.7 Å². The van der Waals surface area contributed by atoms with E-state index in [4.69, 9.17) is 9.47 Å². The molecule has 0 N–H and O–H groups in total. The second-order valence-corrected chi connectivity index (χ2v) is 3.66. The fourth-order valence-electron chi connectivity index (χ4n) is 1.59. The molecule has 1 heterocycles. The molecular weight excluding hydrogens is 242 g/mol. The van der Waals surface area contributed by atoms with Crippen molar-refractivity contribution in [2.24, 2.45) is 0 Å². The van der Waals surface area contributed by atoms with Crippen LogP contribution in [0.3, 0.4) is 0 Å². The molecule has 0 bridgehead atoms. The molecular formula is C11H9NO6. The van der Waals surface area contributed by atoms with Crippen LogP contribution in [0.15, 0.2) is 18.2 Å². The van der Waals surface area contributed by atoms with Crippen molar-refractivity contribution in [1.29, 1.82) is 0 Å². The number of carbonyl (C=O) groups excluding carboxylic acids is 2. The van der Waals surface area contributed by atoms with E-state index < -0.39 is 17.0 Å². The van der Waals surface area contributed by atoms with Crippen LogP contribution in [0.5, 0.6) is 5.75 Å². The summed E-state index contributed by atoms with van der Waals surface area (Å²) < 4.78 is 10.0. The molecule has 7 heteroatoms. The van der Waals surface area contributed by atoms with Gasteiger partial charge in [0.05, 0.1) is 17.1 Å². The van der Waals surface area contributed by atoms with E-state index in [0.717, 1.165) is 6.07 Å². The predicted octanol–water partition coefficient (Wildman–Crippen LogP) is 1.10. The van der Waals surface area contributed by atoms with Gasteiger partial charge in [0.25, 0.3) is 5.69 Å². The van der Waals surface area contributed by atoms with Crippen LogP contribution in [-0.4, -0.2) is 29.9 Å². The zero-order valence-corrected chi connectivity index (χ0v) is 9.20. The number of benzene rings is 1. The van der Waals surface area contributed by atoms with Gasteiger partial charge in [-0.15, -0.1) is 0 Å². The van der Waals surface area contributed by atoms with E-state index in [1.807, 2.05) is 0 Å². The highest BCUT2D eigenvalue weighted by atomic mass is 16.6. The van der Waals surface area contributed by atoms with Crippen LogP contribution in [0.1, 0.15) is 16.8 Å². The highest BCUT2D eigenvalue weighted by Crippen LogP contribution is 2.25. The summed E-state index contributed by atoms with van der Waals surface area (Å²) in [6.07, 6.45) is 0.0849. The van der Waals surface area contributed by atoms with Gasteiger partial charge in [-0.2, -0.15) is 0 Å². The smallest absolute Gasteiger partial charge is 0.347 e. The zero-order chi connectivity index (χ0) is 13.1. The molecule has 1 saturated heterocycles. The summed E-state index contributed by atoms with van der Waals surface area (Å²) in [7, 11) is 0. The first-order valence-corrected chi connectivity index (χ1v) is 5.18. The van der Waals surface area contributed by atoms with Crippen molar-refractivity contribution >= 4 is 17.9 Å². The van der Waals surface area contributed by atoms with Gasteiger partial charge in [0, 0.05) is 18.6 Å². The largest absolute Gasteiger partial charge is 0.478 e. The lowest BCUT2D eigenvalue weighted by atomic mass is 10.2. The molecule has 0 amide bonds. The molecule has 94 valence electrons. The van der Waals surface area contributed by atoms with E-state index in [1.165, 1.54) is 12.1 Å². The van der Waals surface area contributed by atoms with Crippen LogP contribution in [0.25, 0.3) is 0 Å². The molecule has 7 nitrogen and oxygen atoms in total. The summed E-state index contributed by atoms with van der Waals surface area (Å²) in [4.78, 5) is 32.0. The maximum Gasteiger partial charge on any atom is 0.347 e. The second kappa shape index (κ2) is 4.82. The number of hydrogen-bond acceptors (Lipinski definition) is 6. The molecule has 0 saturated carbocycles. The minimum absolute atomic E-state index is 0.0314. The maximum atomic E-state index is 11.2. The summed E-state index contributed by atoms with van der Waals surface area (Å²) in [6.45, 7) is 0.271. The Kier molecular flexibility index (Phi) is 3.22. The molecule has 1 aromatic rings. The molecule has 2 rings (SSSR count). The van der Waals surface area contributed by atoms with Crippen LogP contribution >= 0.6 is 0 Å². The number of non-ortho nitro benzene ring substituents is 1. The van der Waals surface area contributed by atoms with E-state index in [0.29, 0.717) is 12.7 Å². The SMILES string of the molecule is O=Cc1cc([N+](=O)[O-])ccc1OC1CCOC1=O. The molecule has 1 aliphatic heterocycles. The lowest BCUT2D eigenvalue weighted by molar-refractivity contribution is -0.384. The molecule has 1 atom stereocenters. The van der Waals surface area contributed by atoms with E-state index >= 15 is 0 Å². The summed E-state index contributed by atoms with van der Waals surface area (Å²) in [5.74, 6) is -0.357. The maximum absolute atomic E-state index is 11.2. The number of nitrogens with zero attached hydrogens (tertiary/aromatic N) is 1. The van der Waals surface area contributed by atoms with Gasteiger partial charge in [-0.3, -0.25) is 14.9 Å². The van der Waals surface area contributed by atoms with Crippen molar-refractivity contribution in [3.63, 3.8) is 0 Å². The molecule has 1 unspecified atom stereocenters. The van der Waals surface area contributed by atoms with Gasteiger partial charge in [0.2, 0.25) is 0 Å². The quantitative estimate of drug-likeness (QED) is 0.344. The summed E-state index contributed by atoms with van der Waals surface area (Å²) in [5, 5.41) is 10.6. The van der Waals surface area contributed by atoms with Crippen LogP contribution < -0.4 is 4.74 Å². The molecule has 0 aliphatic carbocycles. The number of nitro groups is 1. The Hall–Kier alpha value is -2.44. The van der Waals surface area contributed by atoms with Crippen molar-refractivity contribution in [3.8, 4) is 5.75 Å². The Morgan fingerprint density at radius 3 is 2.83 bits per heavy atom. The molecule has 1 aliphatic rings. The predicted molar refractivity (Wildman–Crippen MR) is 58.5 cm³/mol. The summed E-state index contributed by atoms with van der Waals surface area (Å²) in [5.41, 5.74) is -0.178. The number of esters is 1. The highest BCUT2D eigenvalue weighted by molar-refractivity contribution is 5.82. The first-order chi connectivity index (χ1) is 8.61. The number of aldehydes is 1. The minimum Gasteiger partial charge on any atom is -0.478 e. The van der Waals surface area contributed by atoms with Crippen LogP contribution in [0.2, 0.25) is 0 Å². The van der Waals surface area contributed by atoms with Crippen molar-refractivity contribution in [2.45, 2.75) is 12.5 Å². The normalized spacial score (nSPS) is 18.2. The van der Waals surface area contributed by atoms with E-state index in [2.05, 4.69) is 0 Å². The molecule has 18 heavy (non-hydrogen) atoms. The van der Waals surface area contributed by atoms with E-state index in [1.54, 1.807) is 0 Å². The Morgan fingerprint density at radius 1 is 1.50 bits per heavy atom. The molecule has 0 aromatic heterocycles. The van der Waals surface area contributed by atoms with Gasteiger partial charge >= 0.3 is 5.97 Å². The van der Waals surface area contributed by atoms with Gasteiger partial charge in [0.1, 0.15) is 5.75 Å².